The summed E-state index contributed by atoms with van der Waals surface area (Å²) >= 11 is 1.77. The maximum Gasteiger partial charge on any atom is 0.336 e. The number of aryl methyl sites for hydroxylation is 2. The van der Waals surface area contributed by atoms with Crippen molar-refractivity contribution in [3.63, 3.8) is 0 Å². The van der Waals surface area contributed by atoms with Gasteiger partial charge in [-0.3, -0.25) is 4.90 Å². The van der Waals surface area contributed by atoms with E-state index in [2.05, 4.69) is 34.5 Å². The molecule has 0 radical (unpaired) electrons. The molecule has 3 aromatic rings. The molecule has 1 aliphatic heterocycles. The summed E-state index contributed by atoms with van der Waals surface area (Å²) in [7, 11) is 0. The number of benzene rings is 1. The van der Waals surface area contributed by atoms with Crippen molar-refractivity contribution in [3.8, 4) is 0 Å². The van der Waals surface area contributed by atoms with Gasteiger partial charge >= 0.3 is 5.63 Å². The first kappa shape index (κ1) is 18.4. The molecule has 27 heavy (non-hydrogen) atoms. The molecule has 1 fully saturated rings. The molecule has 0 saturated carbocycles. The highest BCUT2D eigenvalue weighted by Crippen LogP contribution is 2.26. The minimum atomic E-state index is -0.278. The molecule has 1 aliphatic rings. The van der Waals surface area contributed by atoms with Crippen LogP contribution < -0.4 is 5.63 Å². The highest BCUT2D eigenvalue weighted by Gasteiger charge is 2.21. The zero-order chi connectivity index (χ0) is 18.8. The Morgan fingerprint density at radius 2 is 2.11 bits per heavy atom. The number of rotatable bonds is 6. The molecule has 0 amide bonds. The molecule has 3 heterocycles. The van der Waals surface area contributed by atoms with Crippen LogP contribution in [-0.2, 0) is 17.8 Å². The van der Waals surface area contributed by atoms with Crippen molar-refractivity contribution < 1.29 is 9.15 Å². The standard InChI is InChI=1S/C22H25NO3S/c1-15-7-8-20-17(11-21(24)26-22(20)16(15)2)12-23(13-18-5-3-9-25-18)14-19-6-4-10-27-19/h4,6-8,10-11,18H,3,5,9,12-14H2,1-2H3/t18-/m0/s1. The fraction of sp³-hybridized carbons (Fsp3) is 0.409. The Balaban J connectivity index is 1.67. The maximum absolute atomic E-state index is 12.2. The molecule has 0 N–H and O–H groups in total. The Labute approximate surface area is 163 Å². The predicted molar refractivity (Wildman–Crippen MR) is 109 cm³/mol. The SMILES string of the molecule is Cc1ccc2c(CN(Cc3cccs3)C[C@@H]3CCCO3)cc(=O)oc2c1C. The lowest BCUT2D eigenvalue weighted by molar-refractivity contribution is 0.0683. The zero-order valence-electron chi connectivity index (χ0n) is 15.9. The summed E-state index contributed by atoms with van der Waals surface area (Å²) in [6.45, 7) is 7.37. The molecule has 0 spiro atoms. The molecule has 0 bridgehead atoms. The molecule has 1 atom stereocenters. The normalized spacial score (nSPS) is 17.2. The van der Waals surface area contributed by atoms with Gasteiger partial charge in [-0.05, 0) is 54.8 Å². The van der Waals surface area contributed by atoms with Crippen LogP contribution in [0.1, 0.15) is 34.4 Å². The van der Waals surface area contributed by atoms with Crippen molar-refractivity contribution in [2.45, 2.75) is 45.9 Å². The van der Waals surface area contributed by atoms with Gasteiger partial charge in [-0.2, -0.15) is 0 Å². The predicted octanol–water partition coefficient (Wildman–Crippen LogP) is 4.65. The van der Waals surface area contributed by atoms with Gasteiger partial charge in [0, 0.05) is 42.6 Å². The second kappa shape index (κ2) is 7.97. The van der Waals surface area contributed by atoms with Gasteiger partial charge in [0.2, 0.25) is 0 Å². The first-order valence-corrected chi connectivity index (χ1v) is 10.4. The van der Waals surface area contributed by atoms with Crippen LogP contribution in [0.4, 0.5) is 0 Å². The lowest BCUT2D eigenvalue weighted by Gasteiger charge is -2.25. The van der Waals surface area contributed by atoms with Gasteiger partial charge in [0.25, 0.3) is 0 Å². The molecule has 2 aromatic heterocycles. The lowest BCUT2D eigenvalue weighted by atomic mass is 10.0. The second-order valence-electron chi connectivity index (χ2n) is 7.36. The van der Waals surface area contributed by atoms with Crippen LogP contribution in [0.5, 0.6) is 0 Å². The van der Waals surface area contributed by atoms with Gasteiger partial charge in [0.1, 0.15) is 5.58 Å². The number of hydrogen-bond acceptors (Lipinski definition) is 5. The first-order chi connectivity index (χ1) is 13.1. The maximum atomic E-state index is 12.2. The second-order valence-corrected chi connectivity index (χ2v) is 8.39. The van der Waals surface area contributed by atoms with Gasteiger partial charge in [0.05, 0.1) is 6.10 Å². The summed E-state index contributed by atoms with van der Waals surface area (Å²) in [5.41, 5.74) is 3.64. The van der Waals surface area contributed by atoms with E-state index in [0.717, 1.165) is 54.6 Å². The van der Waals surface area contributed by atoms with Gasteiger partial charge in [-0.15, -0.1) is 11.3 Å². The zero-order valence-corrected chi connectivity index (χ0v) is 16.7. The van der Waals surface area contributed by atoms with Crippen LogP contribution in [-0.4, -0.2) is 24.2 Å². The van der Waals surface area contributed by atoms with Gasteiger partial charge in [-0.1, -0.05) is 18.2 Å². The molecule has 0 aliphatic carbocycles. The Bertz CT molecular complexity index is 971. The van der Waals surface area contributed by atoms with E-state index in [4.69, 9.17) is 9.15 Å². The van der Waals surface area contributed by atoms with Crippen molar-refractivity contribution in [1.82, 2.24) is 4.90 Å². The Morgan fingerprint density at radius 1 is 1.22 bits per heavy atom. The fourth-order valence-corrected chi connectivity index (χ4v) is 4.53. The van der Waals surface area contributed by atoms with E-state index < -0.39 is 0 Å². The topological polar surface area (TPSA) is 42.7 Å². The lowest BCUT2D eigenvalue weighted by Crippen LogP contribution is -2.31. The highest BCUT2D eigenvalue weighted by molar-refractivity contribution is 7.09. The molecule has 4 nitrogen and oxygen atoms in total. The summed E-state index contributed by atoms with van der Waals surface area (Å²) in [5, 5.41) is 3.14. The van der Waals surface area contributed by atoms with Gasteiger partial charge in [-0.25, -0.2) is 4.79 Å². The van der Waals surface area contributed by atoms with Crippen LogP contribution in [0, 0.1) is 13.8 Å². The minimum Gasteiger partial charge on any atom is -0.422 e. The van der Waals surface area contributed by atoms with Crippen LogP contribution in [0.2, 0.25) is 0 Å². The third kappa shape index (κ3) is 4.15. The number of fused-ring (bicyclic) bond motifs is 1. The molecule has 1 aromatic carbocycles. The van der Waals surface area contributed by atoms with Crippen molar-refractivity contribution >= 4 is 22.3 Å². The average molecular weight is 384 g/mol. The third-order valence-corrected chi connectivity index (χ3v) is 6.22. The van der Waals surface area contributed by atoms with Crippen molar-refractivity contribution in [2.24, 2.45) is 0 Å². The number of ether oxygens (including phenoxy) is 1. The fourth-order valence-electron chi connectivity index (χ4n) is 3.78. The van der Waals surface area contributed by atoms with Gasteiger partial charge in [0.15, 0.2) is 0 Å². The molecular formula is C22H25NO3S. The van der Waals surface area contributed by atoms with Crippen molar-refractivity contribution in [1.29, 1.82) is 0 Å². The Kier molecular flexibility index (Phi) is 5.43. The molecule has 4 rings (SSSR count). The number of thiophene rings is 1. The summed E-state index contributed by atoms with van der Waals surface area (Å²) in [6.07, 6.45) is 2.52. The van der Waals surface area contributed by atoms with E-state index in [-0.39, 0.29) is 11.7 Å². The van der Waals surface area contributed by atoms with Crippen molar-refractivity contribution in [3.05, 3.63) is 67.7 Å². The van der Waals surface area contributed by atoms with E-state index in [9.17, 15) is 4.79 Å². The van der Waals surface area contributed by atoms with E-state index in [1.165, 1.54) is 4.88 Å². The van der Waals surface area contributed by atoms with Gasteiger partial charge < -0.3 is 9.15 Å². The number of nitrogens with zero attached hydrogens (tertiary/aromatic N) is 1. The monoisotopic (exact) mass is 383 g/mol. The smallest absolute Gasteiger partial charge is 0.336 e. The van der Waals surface area contributed by atoms with Crippen LogP contribution in [0.3, 0.4) is 0 Å². The minimum absolute atomic E-state index is 0.278. The Hall–Kier alpha value is -1.95. The molecular weight excluding hydrogens is 358 g/mol. The largest absolute Gasteiger partial charge is 0.422 e. The first-order valence-electron chi connectivity index (χ1n) is 9.49. The molecule has 5 heteroatoms. The van der Waals surface area contributed by atoms with E-state index >= 15 is 0 Å². The van der Waals surface area contributed by atoms with E-state index in [1.807, 2.05) is 13.8 Å². The van der Waals surface area contributed by atoms with Crippen LogP contribution in [0.15, 0.2) is 44.9 Å². The summed E-state index contributed by atoms with van der Waals surface area (Å²) < 4.78 is 11.4. The van der Waals surface area contributed by atoms with E-state index in [1.54, 1.807) is 17.4 Å². The molecule has 142 valence electrons. The summed E-state index contributed by atoms with van der Waals surface area (Å²) in [6, 6.07) is 10.1. The quantitative estimate of drug-likeness (QED) is 0.581. The average Bonchev–Trinajstić information content (AvgIpc) is 3.32. The molecule has 0 unspecified atom stereocenters. The highest BCUT2D eigenvalue weighted by atomic mass is 32.1. The molecule has 1 saturated heterocycles. The number of hydrogen-bond donors (Lipinski definition) is 0. The third-order valence-electron chi connectivity index (χ3n) is 5.36. The summed E-state index contributed by atoms with van der Waals surface area (Å²) in [5.74, 6) is 0. The van der Waals surface area contributed by atoms with Crippen LogP contribution in [0.25, 0.3) is 11.0 Å². The van der Waals surface area contributed by atoms with E-state index in [0.29, 0.717) is 12.1 Å². The van der Waals surface area contributed by atoms with Crippen molar-refractivity contribution in [2.75, 3.05) is 13.2 Å². The Morgan fingerprint density at radius 3 is 2.85 bits per heavy atom. The van der Waals surface area contributed by atoms with Crippen LogP contribution >= 0.6 is 11.3 Å². The summed E-state index contributed by atoms with van der Waals surface area (Å²) in [4.78, 5) is 15.9.